The lowest BCUT2D eigenvalue weighted by Crippen LogP contribution is -2.27. The minimum Gasteiger partial charge on any atom is -0.311 e. The summed E-state index contributed by atoms with van der Waals surface area (Å²) in [5.41, 5.74) is 3.66. The molecule has 1 N–H and O–H groups in total. The van der Waals surface area contributed by atoms with Gasteiger partial charge in [-0.3, -0.25) is 0 Å². The van der Waals surface area contributed by atoms with E-state index >= 15 is 0 Å². The second-order valence-electron chi connectivity index (χ2n) is 5.11. The van der Waals surface area contributed by atoms with E-state index in [-0.39, 0.29) is 0 Å². The van der Waals surface area contributed by atoms with Crippen LogP contribution >= 0.6 is 0 Å². The molecule has 0 fully saturated rings. The molecule has 0 aliphatic rings. The lowest BCUT2D eigenvalue weighted by atomic mass is 10.1. The van der Waals surface area contributed by atoms with E-state index in [1.807, 2.05) is 16.9 Å². The summed E-state index contributed by atoms with van der Waals surface area (Å²) in [4.78, 5) is 0. The normalized spacial score (nSPS) is 13.4. The van der Waals surface area contributed by atoms with Gasteiger partial charge in [-0.15, -0.1) is 0 Å². The van der Waals surface area contributed by atoms with E-state index in [1.165, 1.54) is 11.1 Å². The van der Waals surface area contributed by atoms with E-state index in [9.17, 15) is 0 Å². The van der Waals surface area contributed by atoms with E-state index in [0.717, 1.165) is 18.7 Å². The highest BCUT2D eigenvalue weighted by Gasteiger charge is 2.02. The number of nitrogens with zero attached hydrogens (tertiary/aromatic N) is 2. The molecule has 3 nitrogen and oxygen atoms in total. The number of aromatic nitrogens is 2. The highest BCUT2D eigenvalue weighted by atomic mass is 15.3. The van der Waals surface area contributed by atoms with Gasteiger partial charge in [0.05, 0.1) is 5.69 Å². The molecule has 3 heteroatoms. The van der Waals surface area contributed by atoms with Gasteiger partial charge < -0.3 is 5.32 Å². The SMILES string of the molecule is CCCNC(C)/C(C)=C/c1ccc(-n2cccn2)cc1. The van der Waals surface area contributed by atoms with E-state index < -0.39 is 0 Å². The molecule has 106 valence electrons. The fourth-order valence-corrected chi connectivity index (χ4v) is 2.05. The fraction of sp³-hybridized carbons (Fsp3) is 0.353. The highest BCUT2D eigenvalue weighted by molar-refractivity contribution is 5.55. The number of benzene rings is 1. The summed E-state index contributed by atoms with van der Waals surface area (Å²) in [6.45, 7) is 7.63. The third-order valence-corrected chi connectivity index (χ3v) is 3.44. The monoisotopic (exact) mass is 269 g/mol. The second kappa shape index (κ2) is 7.06. The van der Waals surface area contributed by atoms with Gasteiger partial charge in [-0.25, -0.2) is 4.68 Å². The van der Waals surface area contributed by atoms with E-state index in [1.54, 1.807) is 6.20 Å². The van der Waals surface area contributed by atoms with Crippen LogP contribution in [0.2, 0.25) is 0 Å². The molecule has 1 atom stereocenters. The van der Waals surface area contributed by atoms with Crippen LogP contribution in [-0.4, -0.2) is 22.4 Å². The minimum absolute atomic E-state index is 0.417. The maximum Gasteiger partial charge on any atom is 0.0645 e. The molecule has 0 saturated carbocycles. The van der Waals surface area contributed by atoms with Crippen molar-refractivity contribution in [1.29, 1.82) is 0 Å². The van der Waals surface area contributed by atoms with Crippen molar-refractivity contribution in [3.63, 3.8) is 0 Å². The van der Waals surface area contributed by atoms with Gasteiger partial charge in [0, 0.05) is 18.4 Å². The van der Waals surface area contributed by atoms with E-state index in [2.05, 4.69) is 61.5 Å². The van der Waals surface area contributed by atoms with Crippen LogP contribution in [0.4, 0.5) is 0 Å². The molecule has 1 aromatic carbocycles. The Hall–Kier alpha value is -1.87. The van der Waals surface area contributed by atoms with Crippen LogP contribution < -0.4 is 5.32 Å². The number of rotatable bonds is 6. The summed E-state index contributed by atoms with van der Waals surface area (Å²) in [5, 5.41) is 7.73. The molecule has 1 heterocycles. The molecular formula is C17H23N3. The first-order valence-electron chi connectivity index (χ1n) is 7.22. The Kier molecular flexibility index (Phi) is 5.13. The number of hydrogen-bond donors (Lipinski definition) is 1. The van der Waals surface area contributed by atoms with Crippen molar-refractivity contribution in [2.45, 2.75) is 33.2 Å². The van der Waals surface area contributed by atoms with Crippen LogP contribution in [-0.2, 0) is 0 Å². The molecule has 0 aliphatic carbocycles. The van der Waals surface area contributed by atoms with Crippen molar-refractivity contribution < 1.29 is 0 Å². The Labute approximate surface area is 121 Å². The van der Waals surface area contributed by atoms with Gasteiger partial charge in [-0.2, -0.15) is 5.10 Å². The second-order valence-corrected chi connectivity index (χ2v) is 5.11. The predicted octanol–water partition coefficient (Wildman–Crippen LogP) is 3.66. The Bertz CT molecular complexity index is 538. The number of nitrogens with one attached hydrogen (secondary N) is 1. The molecule has 1 unspecified atom stereocenters. The van der Waals surface area contributed by atoms with Crippen LogP contribution in [0.25, 0.3) is 11.8 Å². The van der Waals surface area contributed by atoms with Gasteiger partial charge in [0.1, 0.15) is 0 Å². The summed E-state index contributed by atoms with van der Waals surface area (Å²) in [6, 6.07) is 10.8. The van der Waals surface area contributed by atoms with Gasteiger partial charge in [0.25, 0.3) is 0 Å². The van der Waals surface area contributed by atoms with Gasteiger partial charge in [0.2, 0.25) is 0 Å². The average molecular weight is 269 g/mol. The Morgan fingerprint density at radius 3 is 2.70 bits per heavy atom. The summed E-state index contributed by atoms with van der Waals surface area (Å²) in [6.07, 6.45) is 7.14. The topological polar surface area (TPSA) is 29.9 Å². The summed E-state index contributed by atoms with van der Waals surface area (Å²) < 4.78 is 1.87. The highest BCUT2D eigenvalue weighted by Crippen LogP contribution is 2.13. The average Bonchev–Trinajstić information content (AvgIpc) is 2.99. The van der Waals surface area contributed by atoms with Crippen molar-refractivity contribution >= 4 is 6.08 Å². The fourth-order valence-electron chi connectivity index (χ4n) is 2.05. The minimum atomic E-state index is 0.417. The standard InChI is InChI=1S/C17H23N3/c1-4-10-18-15(3)14(2)13-16-6-8-17(9-7-16)20-12-5-11-19-20/h5-9,11-13,15,18H,4,10H2,1-3H3/b14-13+. The van der Waals surface area contributed by atoms with Crippen LogP contribution in [0.5, 0.6) is 0 Å². The molecule has 0 bridgehead atoms. The molecule has 0 saturated heterocycles. The Morgan fingerprint density at radius 2 is 2.10 bits per heavy atom. The van der Waals surface area contributed by atoms with Crippen molar-refractivity contribution in [1.82, 2.24) is 15.1 Å². The summed E-state index contributed by atoms with van der Waals surface area (Å²) in [5.74, 6) is 0. The van der Waals surface area contributed by atoms with Gasteiger partial charge >= 0.3 is 0 Å². The smallest absolute Gasteiger partial charge is 0.0645 e. The third-order valence-electron chi connectivity index (χ3n) is 3.44. The van der Waals surface area contributed by atoms with Crippen molar-refractivity contribution in [2.24, 2.45) is 0 Å². The number of hydrogen-bond acceptors (Lipinski definition) is 2. The van der Waals surface area contributed by atoms with Crippen molar-refractivity contribution in [3.05, 3.63) is 53.9 Å². The largest absolute Gasteiger partial charge is 0.311 e. The first-order chi connectivity index (χ1) is 9.70. The lowest BCUT2D eigenvalue weighted by molar-refractivity contribution is 0.604. The Morgan fingerprint density at radius 1 is 1.35 bits per heavy atom. The first-order valence-corrected chi connectivity index (χ1v) is 7.22. The molecule has 2 aromatic rings. The lowest BCUT2D eigenvalue weighted by Gasteiger charge is -2.14. The van der Waals surface area contributed by atoms with Gasteiger partial charge in [-0.1, -0.05) is 30.7 Å². The predicted molar refractivity (Wildman–Crippen MR) is 85.0 cm³/mol. The van der Waals surface area contributed by atoms with Crippen LogP contribution in [0.3, 0.4) is 0 Å². The van der Waals surface area contributed by atoms with Crippen LogP contribution in [0.15, 0.2) is 48.3 Å². The zero-order valence-electron chi connectivity index (χ0n) is 12.5. The summed E-state index contributed by atoms with van der Waals surface area (Å²) in [7, 11) is 0. The van der Waals surface area contributed by atoms with Crippen LogP contribution in [0.1, 0.15) is 32.8 Å². The molecule has 20 heavy (non-hydrogen) atoms. The zero-order valence-corrected chi connectivity index (χ0v) is 12.5. The van der Waals surface area contributed by atoms with Crippen molar-refractivity contribution in [2.75, 3.05) is 6.54 Å². The van der Waals surface area contributed by atoms with E-state index in [4.69, 9.17) is 0 Å². The van der Waals surface area contributed by atoms with Gasteiger partial charge in [0.15, 0.2) is 0 Å². The van der Waals surface area contributed by atoms with Crippen molar-refractivity contribution in [3.8, 4) is 5.69 Å². The zero-order chi connectivity index (χ0) is 14.4. The van der Waals surface area contributed by atoms with Crippen LogP contribution in [0, 0.1) is 0 Å². The molecule has 2 rings (SSSR count). The van der Waals surface area contributed by atoms with Gasteiger partial charge in [-0.05, 0) is 50.6 Å². The molecule has 0 aliphatic heterocycles. The maximum absolute atomic E-state index is 4.23. The quantitative estimate of drug-likeness (QED) is 0.867. The molecule has 0 radical (unpaired) electrons. The first kappa shape index (κ1) is 14.5. The maximum atomic E-state index is 4.23. The molecule has 1 aromatic heterocycles. The molecule has 0 spiro atoms. The summed E-state index contributed by atoms with van der Waals surface area (Å²) >= 11 is 0. The third kappa shape index (κ3) is 3.81. The Balaban J connectivity index is 2.06. The van der Waals surface area contributed by atoms with E-state index in [0.29, 0.717) is 6.04 Å². The molecular weight excluding hydrogens is 246 g/mol. The molecule has 0 amide bonds.